The number of thioether (sulfide) groups is 1. The van der Waals surface area contributed by atoms with E-state index in [1.165, 1.54) is 25.3 Å². The molecule has 1 fully saturated rings. The van der Waals surface area contributed by atoms with Gasteiger partial charge in [-0.25, -0.2) is 4.79 Å². The van der Waals surface area contributed by atoms with Gasteiger partial charge in [0.1, 0.15) is 6.61 Å². The molecule has 2 aromatic carbocycles. The van der Waals surface area contributed by atoms with Crippen LogP contribution < -0.4 is 9.47 Å². The van der Waals surface area contributed by atoms with Crippen LogP contribution in [-0.2, 0) is 11.4 Å². The number of carbonyl (C=O) groups is 3. The molecule has 7 nitrogen and oxygen atoms in total. The third-order valence-electron chi connectivity index (χ3n) is 4.29. The van der Waals surface area contributed by atoms with E-state index in [1.807, 2.05) is 0 Å². The molecule has 0 aliphatic carbocycles. The molecule has 1 N–H and O–H groups in total. The van der Waals surface area contributed by atoms with E-state index in [0.29, 0.717) is 16.9 Å². The van der Waals surface area contributed by atoms with Crippen LogP contribution in [0.3, 0.4) is 0 Å². The Balaban J connectivity index is 1.83. The first-order chi connectivity index (χ1) is 14.8. The molecular weight excluding hydrogens is 442 g/mol. The molecule has 0 atom stereocenters. The van der Waals surface area contributed by atoms with Gasteiger partial charge in [0.25, 0.3) is 11.1 Å². The van der Waals surface area contributed by atoms with Crippen LogP contribution in [0.15, 0.2) is 54.0 Å². The maximum Gasteiger partial charge on any atom is 0.335 e. The van der Waals surface area contributed by atoms with Gasteiger partial charge in [-0.2, -0.15) is 0 Å². The molecule has 0 saturated carbocycles. The zero-order valence-electron chi connectivity index (χ0n) is 16.5. The van der Waals surface area contributed by atoms with E-state index in [1.54, 1.807) is 30.3 Å². The predicted molar refractivity (Wildman–Crippen MR) is 119 cm³/mol. The van der Waals surface area contributed by atoms with Crippen LogP contribution in [0.2, 0.25) is 5.02 Å². The van der Waals surface area contributed by atoms with Gasteiger partial charge in [0.2, 0.25) is 0 Å². The molecule has 2 aromatic rings. The molecule has 0 spiro atoms. The standard InChI is InChI=1S/C22H18ClNO6S/c1-3-7-24-20(25)18(31-22(24)28)11-14-9-16(23)19(17(10-14)29-2)30-12-13-5-4-6-15(8-13)21(26)27/h3-6,8-11H,1,7,12H2,2H3,(H,26,27)/b18-11-. The summed E-state index contributed by atoms with van der Waals surface area (Å²) < 4.78 is 11.1. The van der Waals surface area contributed by atoms with Crippen molar-refractivity contribution in [1.29, 1.82) is 0 Å². The summed E-state index contributed by atoms with van der Waals surface area (Å²) >= 11 is 7.22. The number of carboxylic acids is 1. The summed E-state index contributed by atoms with van der Waals surface area (Å²) in [6.07, 6.45) is 3.04. The number of hydrogen-bond donors (Lipinski definition) is 1. The van der Waals surface area contributed by atoms with Gasteiger partial charge in [-0.05, 0) is 53.2 Å². The van der Waals surface area contributed by atoms with Gasteiger partial charge in [0.15, 0.2) is 11.5 Å². The van der Waals surface area contributed by atoms with Crippen LogP contribution in [0.25, 0.3) is 6.08 Å². The second-order valence-corrected chi connectivity index (χ2v) is 7.81. The fraction of sp³-hybridized carbons (Fsp3) is 0.136. The van der Waals surface area contributed by atoms with E-state index in [2.05, 4.69) is 6.58 Å². The Bertz CT molecular complexity index is 1100. The van der Waals surface area contributed by atoms with E-state index in [4.69, 9.17) is 26.2 Å². The first-order valence-corrected chi connectivity index (χ1v) is 10.2. The van der Waals surface area contributed by atoms with Gasteiger partial charge in [-0.3, -0.25) is 14.5 Å². The lowest BCUT2D eigenvalue weighted by Gasteiger charge is -2.14. The van der Waals surface area contributed by atoms with Crippen molar-refractivity contribution in [2.24, 2.45) is 0 Å². The Morgan fingerprint density at radius 3 is 2.74 bits per heavy atom. The summed E-state index contributed by atoms with van der Waals surface area (Å²) in [7, 11) is 1.45. The molecule has 9 heteroatoms. The number of carbonyl (C=O) groups excluding carboxylic acids is 2. The molecule has 0 radical (unpaired) electrons. The first kappa shape index (κ1) is 22.5. The summed E-state index contributed by atoms with van der Waals surface area (Å²) in [6, 6.07) is 9.59. The van der Waals surface area contributed by atoms with Crippen LogP contribution >= 0.6 is 23.4 Å². The topological polar surface area (TPSA) is 93.1 Å². The quantitative estimate of drug-likeness (QED) is 0.445. The number of aromatic carboxylic acids is 1. The Labute approximate surface area is 187 Å². The average molecular weight is 460 g/mol. The first-order valence-electron chi connectivity index (χ1n) is 9.03. The Morgan fingerprint density at radius 2 is 2.06 bits per heavy atom. The van der Waals surface area contributed by atoms with Crippen molar-refractivity contribution in [2.45, 2.75) is 6.61 Å². The molecule has 1 heterocycles. The Morgan fingerprint density at radius 1 is 1.29 bits per heavy atom. The Hall–Kier alpha value is -3.23. The summed E-state index contributed by atoms with van der Waals surface area (Å²) in [5.74, 6) is -0.816. The minimum atomic E-state index is -1.03. The van der Waals surface area contributed by atoms with Gasteiger partial charge >= 0.3 is 5.97 Å². The lowest BCUT2D eigenvalue weighted by Crippen LogP contribution is -2.27. The molecule has 160 valence electrons. The van der Waals surface area contributed by atoms with E-state index >= 15 is 0 Å². The SMILES string of the molecule is C=CCN1C(=O)S/C(=C\c2cc(Cl)c(OCc3cccc(C(=O)O)c3)c(OC)c2)C1=O. The number of amides is 2. The largest absolute Gasteiger partial charge is 0.493 e. The number of benzene rings is 2. The van der Waals surface area contributed by atoms with Crippen molar-refractivity contribution in [3.63, 3.8) is 0 Å². The zero-order chi connectivity index (χ0) is 22.5. The second kappa shape index (κ2) is 9.72. The fourth-order valence-electron chi connectivity index (χ4n) is 2.85. The van der Waals surface area contributed by atoms with E-state index in [0.717, 1.165) is 16.7 Å². The smallest absolute Gasteiger partial charge is 0.335 e. The summed E-state index contributed by atoms with van der Waals surface area (Å²) in [4.78, 5) is 36.9. The summed E-state index contributed by atoms with van der Waals surface area (Å²) in [6.45, 7) is 3.77. The van der Waals surface area contributed by atoms with Gasteiger partial charge in [-0.15, -0.1) is 6.58 Å². The average Bonchev–Trinajstić information content (AvgIpc) is 3.00. The maximum absolute atomic E-state index is 12.4. The summed E-state index contributed by atoms with van der Waals surface area (Å²) in [5, 5.41) is 8.99. The number of methoxy groups -OCH3 is 1. The van der Waals surface area contributed by atoms with Crippen LogP contribution in [0.4, 0.5) is 4.79 Å². The van der Waals surface area contributed by atoms with Crippen LogP contribution in [0, 0.1) is 0 Å². The van der Waals surface area contributed by atoms with Crippen molar-refractivity contribution in [3.8, 4) is 11.5 Å². The van der Waals surface area contributed by atoms with Crippen molar-refractivity contribution < 1.29 is 29.0 Å². The molecule has 31 heavy (non-hydrogen) atoms. The minimum Gasteiger partial charge on any atom is -0.493 e. The molecule has 1 saturated heterocycles. The number of hydrogen-bond acceptors (Lipinski definition) is 6. The highest BCUT2D eigenvalue weighted by molar-refractivity contribution is 8.18. The van der Waals surface area contributed by atoms with Crippen molar-refractivity contribution in [3.05, 3.63) is 75.7 Å². The number of nitrogens with zero attached hydrogens (tertiary/aromatic N) is 1. The van der Waals surface area contributed by atoms with Gasteiger partial charge < -0.3 is 14.6 Å². The number of rotatable bonds is 8. The van der Waals surface area contributed by atoms with Crippen molar-refractivity contribution >= 4 is 46.6 Å². The van der Waals surface area contributed by atoms with E-state index in [-0.39, 0.29) is 39.6 Å². The summed E-state index contributed by atoms with van der Waals surface area (Å²) in [5.41, 5.74) is 1.36. The highest BCUT2D eigenvalue weighted by Gasteiger charge is 2.34. The van der Waals surface area contributed by atoms with Gasteiger partial charge in [0.05, 0.1) is 22.6 Å². The lowest BCUT2D eigenvalue weighted by molar-refractivity contribution is -0.122. The second-order valence-electron chi connectivity index (χ2n) is 6.41. The van der Waals surface area contributed by atoms with Crippen molar-refractivity contribution in [1.82, 2.24) is 4.90 Å². The molecule has 1 aliphatic rings. The van der Waals surface area contributed by atoms with E-state index < -0.39 is 11.9 Å². The van der Waals surface area contributed by atoms with E-state index in [9.17, 15) is 14.4 Å². The molecule has 0 unspecified atom stereocenters. The molecule has 2 amide bonds. The number of ether oxygens (including phenoxy) is 2. The van der Waals surface area contributed by atoms with Crippen LogP contribution in [-0.4, -0.2) is 40.8 Å². The third kappa shape index (κ3) is 5.10. The highest BCUT2D eigenvalue weighted by atomic mass is 35.5. The van der Waals surface area contributed by atoms with Crippen LogP contribution in [0.1, 0.15) is 21.5 Å². The minimum absolute atomic E-state index is 0.0803. The monoisotopic (exact) mass is 459 g/mol. The van der Waals surface area contributed by atoms with Gasteiger partial charge in [-0.1, -0.05) is 29.8 Å². The molecule has 0 aromatic heterocycles. The highest BCUT2D eigenvalue weighted by Crippen LogP contribution is 2.39. The zero-order valence-corrected chi connectivity index (χ0v) is 18.0. The molecule has 0 bridgehead atoms. The Kier molecular flexibility index (Phi) is 7.04. The molecule has 1 aliphatic heterocycles. The van der Waals surface area contributed by atoms with Crippen molar-refractivity contribution in [2.75, 3.05) is 13.7 Å². The number of halogens is 1. The number of carboxylic acid groups (broad SMARTS) is 1. The predicted octanol–water partition coefficient (Wildman–Crippen LogP) is 4.85. The van der Waals surface area contributed by atoms with Gasteiger partial charge in [0, 0.05) is 6.54 Å². The number of imide groups is 1. The molecule has 3 rings (SSSR count). The third-order valence-corrected chi connectivity index (χ3v) is 5.48. The normalized spacial score (nSPS) is 14.8. The van der Waals surface area contributed by atoms with Crippen LogP contribution in [0.5, 0.6) is 11.5 Å². The molecular formula is C22H18ClNO6S. The maximum atomic E-state index is 12.4. The lowest BCUT2D eigenvalue weighted by atomic mass is 10.1. The fourth-order valence-corrected chi connectivity index (χ4v) is 3.97.